The molecule has 1 aromatic rings. The number of hydrogen-bond donors (Lipinski definition) is 1. The lowest BCUT2D eigenvalue weighted by Crippen LogP contribution is -2.28. The van der Waals surface area contributed by atoms with E-state index in [0.29, 0.717) is 0 Å². The van der Waals surface area contributed by atoms with Crippen LogP contribution in [0.5, 0.6) is 0 Å². The number of rotatable bonds is 1. The quantitative estimate of drug-likeness (QED) is 0.781. The van der Waals surface area contributed by atoms with Gasteiger partial charge in [0.2, 0.25) is 0 Å². The fourth-order valence-electron chi connectivity index (χ4n) is 1.05. The van der Waals surface area contributed by atoms with Gasteiger partial charge in [0.15, 0.2) is 0 Å². The average Bonchev–Trinajstić information content (AvgIpc) is 2.01. The van der Waals surface area contributed by atoms with Crippen molar-refractivity contribution in [2.75, 3.05) is 0 Å². The summed E-state index contributed by atoms with van der Waals surface area (Å²) < 4.78 is 36.4. The van der Waals surface area contributed by atoms with Crippen LogP contribution in [0.3, 0.4) is 0 Å². The molecule has 0 saturated carbocycles. The van der Waals surface area contributed by atoms with Crippen molar-refractivity contribution < 1.29 is 13.2 Å². The molecule has 0 fully saturated rings. The summed E-state index contributed by atoms with van der Waals surface area (Å²) in [5.41, 5.74) is 5.90. The molecule has 0 saturated heterocycles. The van der Waals surface area contributed by atoms with Gasteiger partial charge < -0.3 is 5.73 Å². The molecule has 2 N–H and O–H groups in total. The maximum Gasteiger partial charge on any atom is 0.407 e. The van der Waals surface area contributed by atoms with Gasteiger partial charge in [-0.25, -0.2) is 0 Å². The summed E-state index contributed by atoms with van der Waals surface area (Å²) in [6.45, 7) is 1.73. The van der Waals surface area contributed by atoms with Crippen LogP contribution in [0.4, 0.5) is 13.2 Å². The second-order valence-corrected chi connectivity index (χ2v) is 2.93. The minimum absolute atomic E-state index is 0. The van der Waals surface area contributed by atoms with Crippen LogP contribution in [-0.4, -0.2) is 6.18 Å². The first-order chi connectivity index (χ1) is 5.91. The Kier molecular flexibility index (Phi) is 4.42. The lowest BCUT2D eigenvalue weighted by atomic mass is 10.1. The van der Waals surface area contributed by atoms with Crippen LogP contribution in [0.25, 0.3) is 0 Å². The number of halogens is 4. The first-order valence-electron chi connectivity index (χ1n) is 3.80. The Morgan fingerprint density at radius 3 is 2.29 bits per heavy atom. The van der Waals surface area contributed by atoms with Crippen molar-refractivity contribution in [1.82, 2.24) is 0 Å². The van der Waals surface area contributed by atoms with E-state index >= 15 is 0 Å². The minimum atomic E-state index is -4.37. The zero-order valence-electron chi connectivity index (χ0n) is 7.51. The Labute approximate surface area is 86.5 Å². The highest BCUT2D eigenvalue weighted by atomic mass is 35.5. The van der Waals surface area contributed by atoms with Crippen molar-refractivity contribution in [3.8, 4) is 0 Å². The van der Waals surface area contributed by atoms with E-state index in [2.05, 4.69) is 0 Å². The van der Waals surface area contributed by atoms with Crippen LogP contribution < -0.4 is 5.73 Å². The summed E-state index contributed by atoms with van der Waals surface area (Å²) in [6.07, 6.45) is -4.37. The van der Waals surface area contributed by atoms with Crippen LogP contribution in [0, 0.1) is 6.92 Å². The van der Waals surface area contributed by atoms with Crippen molar-refractivity contribution in [2.24, 2.45) is 5.73 Å². The first kappa shape index (κ1) is 13.3. The lowest BCUT2D eigenvalue weighted by molar-refractivity contribution is -0.149. The van der Waals surface area contributed by atoms with Crippen molar-refractivity contribution >= 4 is 12.4 Å². The molecule has 1 aromatic carbocycles. The largest absolute Gasteiger partial charge is 0.407 e. The Morgan fingerprint density at radius 1 is 1.29 bits per heavy atom. The number of nitrogens with two attached hydrogens (primary N) is 1. The van der Waals surface area contributed by atoms with Crippen molar-refractivity contribution in [2.45, 2.75) is 19.1 Å². The van der Waals surface area contributed by atoms with Gasteiger partial charge in [0.25, 0.3) is 0 Å². The molecule has 1 atom stereocenters. The molecule has 5 heteroatoms. The van der Waals surface area contributed by atoms with E-state index < -0.39 is 12.2 Å². The third-order valence-electron chi connectivity index (χ3n) is 1.75. The van der Waals surface area contributed by atoms with Gasteiger partial charge in [-0.15, -0.1) is 12.4 Å². The molecule has 1 rings (SSSR count). The van der Waals surface area contributed by atoms with Gasteiger partial charge in [-0.2, -0.15) is 13.2 Å². The van der Waals surface area contributed by atoms with Gasteiger partial charge in [0.1, 0.15) is 6.04 Å². The van der Waals surface area contributed by atoms with Crippen LogP contribution in [0.2, 0.25) is 0 Å². The topological polar surface area (TPSA) is 26.0 Å². The highest BCUT2D eigenvalue weighted by Crippen LogP contribution is 2.30. The van der Waals surface area contributed by atoms with E-state index in [0.717, 1.165) is 5.56 Å². The molecule has 0 aliphatic carbocycles. The van der Waals surface area contributed by atoms with Crippen molar-refractivity contribution in [3.63, 3.8) is 0 Å². The molecule has 0 aromatic heterocycles. The molecule has 0 amide bonds. The molecule has 0 radical (unpaired) electrons. The van der Waals surface area contributed by atoms with Gasteiger partial charge in [-0.3, -0.25) is 0 Å². The van der Waals surface area contributed by atoms with Crippen LogP contribution in [0.1, 0.15) is 17.2 Å². The summed E-state index contributed by atoms with van der Waals surface area (Å²) in [6, 6.07) is 4.24. The van der Waals surface area contributed by atoms with E-state index in [1.165, 1.54) is 12.1 Å². The Balaban J connectivity index is 0.00000169. The predicted octanol–water partition coefficient (Wildman–Crippen LogP) is 2.98. The number of hydrogen-bond acceptors (Lipinski definition) is 1. The highest BCUT2D eigenvalue weighted by Gasteiger charge is 2.37. The van der Waals surface area contributed by atoms with Crippen molar-refractivity contribution in [3.05, 3.63) is 35.4 Å². The Hall–Kier alpha value is -0.740. The predicted molar refractivity (Wildman–Crippen MR) is 51.4 cm³/mol. The zero-order valence-corrected chi connectivity index (χ0v) is 8.32. The van der Waals surface area contributed by atoms with E-state index in [4.69, 9.17) is 5.73 Å². The number of aryl methyl sites for hydroxylation is 1. The maximum atomic E-state index is 12.1. The molecular formula is C9H11ClF3N. The van der Waals surface area contributed by atoms with E-state index in [1.807, 2.05) is 0 Å². The number of benzene rings is 1. The smallest absolute Gasteiger partial charge is 0.316 e. The second kappa shape index (κ2) is 4.66. The SMILES string of the molecule is Cc1cccc([C@H](N)C(F)(F)F)c1.Cl. The van der Waals surface area contributed by atoms with E-state index in [-0.39, 0.29) is 18.0 Å². The summed E-state index contributed by atoms with van der Waals surface area (Å²) in [4.78, 5) is 0. The normalized spacial score (nSPS) is 13.2. The first-order valence-corrected chi connectivity index (χ1v) is 3.80. The second-order valence-electron chi connectivity index (χ2n) is 2.93. The maximum absolute atomic E-state index is 12.1. The Bertz CT molecular complexity index is 298. The van der Waals surface area contributed by atoms with E-state index in [1.54, 1.807) is 19.1 Å². The van der Waals surface area contributed by atoms with Crippen molar-refractivity contribution in [1.29, 1.82) is 0 Å². The number of alkyl halides is 3. The molecule has 0 aliphatic rings. The zero-order chi connectivity index (χ0) is 10.1. The fraction of sp³-hybridized carbons (Fsp3) is 0.333. The summed E-state index contributed by atoms with van der Waals surface area (Å²) in [7, 11) is 0. The molecule has 14 heavy (non-hydrogen) atoms. The van der Waals surface area contributed by atoms with Gasteiger partial charge >= 0.3 is 6.18 Å². The third kappa shape index (κ3) is 3.20. The molecule has 0 unspecified atom stereocenters. The van der Waals surface area contributed by atoms with Crippen LogP contribution in [-0.2, 0) is 0 Å². The molecule has 0 aliphatic heterocycles. The minimum Gasteiger partial charge on any atom is -0.316 e. The molecule has 0 heterocycles. The van der Waals surface area contributed by atoms with Crippen LogP contribution in [0.15, 0.2) is 24.3 Å². The monoisotopic (exact) mass is 225 g/mol. The fourth-order valence-corrected chi connectivity index (χ4v) is 1.05. The summed E-state index contributed by atoms with van der Waals surface area (Å²) in [5.74, 6) is 0. The molecule has 80 valence electrons. The lowest BCUT2D eigenvalue weighted by Gasteiger charge is -2.15. The summed E-state index contributed by atoms with van der Waals surface area (Å²) >= 11 is 0. The van der Waals surface area contributed by atoms with Gasteiger partial charge in [0.05, 0.1) is 0 Å². The van der Waals surface area contributed by atoms with Gasteiger partial charge in [-0.1, -0.05) is 29.8 Å². The molecular weight excluding hydrogens is 215 g/mol. The third-order valence-corrected chi connectivity index (χ3v) is 1.75. The van der Waals surface area contributed by atoms with E-state index in [9.17, 15) is 13.2 Å². The van der Waals surface area contributed by atoms with Crippen LogP contribution >= 0.6 is 12.4 Å². The average molecular weight is 226 g/mol. The van der Waals surface area contributed by atoms with Gasteiger partial charge in [0, 0.05) is 0 Å². The molecule has 0 bridgehead atoms. The highest BCUT2D eigenvalue weighted by molar-refractivity contribution is 5.85. The summed E-state index contributed by atoms with van der Waals surface area (Å²) in [5, 5.41) is 0. The molecule has 0 spiro atoms. The standard InChI is InChI=1S/C9H10F3N.ClH/c1-6-3-2-4-7(5-6)8(13)9(10,11)12;/h2-5,8H,13H2,1H3;1H/t8-;/m0./s1. The van der Waals surface area contributed by atoms with Gasteiger partial charge in [-0.05, 0) is 12.5 Å². The molecule has 1 nitrogen and oxygen atoms in total. The Morgan fingerprint density at radius 2 is 1.86 bits per heavy atom.